The molecule has 0 saturated heterocycles. The highest BCUT2D eigenvalue weighted by Gasteiger charge is 2.13. The Balaban J connectivity index is 2.23. The van der Waals surface area contributed by atoms with E-state index in [9.17, 15) is 0 Å². The number of rotatable bonds is 2. The van der Waals surface area contributed by atoms with E-state index in [1.165, 1.54) is 0 Å². The lowest BCUT2D eigenvalue weighted by Crippen LogP contribution is -1.99. The highest BCUT2D eigenvalue weighted by Crippen LogP contribution is 2.28. The first-order valence-electron chi connectivity index (χ1n) is 6.08. The third-order valence-corrected chi connectivity index (χ3v) is 3.48. The first-order chi connectivity index (χ1) is 9.08. The van der Waals surface area contributed by atoms with Crippen LogP contribution in [0.15, 0.2) is 22.7 Å². The number of aromatic amines is 1. The van der Waals surface area contributed by atoms with Gasteiger partial charge in [0.05, 0.1) is 16.9 Å². The van der Waals surface area contributed by atoms with Crippen LogP contribution in [0.3, 0.4) is 0 Å². The van der Waals surface area contributed by atoms with E-state index in [0.717, 1.165) is 39.3 Å². The van der Waals surface area contributed by atoms with Crippen molar-refractivity contribution in [2.45, 2.75) is 20.4 Å². The SMILES string of the molecule is CCn1nc(C)cc1-c1nc2c(N)cc(Br)cc2[nH]1. The lowest BCUT2D eigenvalue weighted by molar-refractivity contribution is 0.658. The predicted octanol–water partition coefficient (Wildman–Crippen LogP) is 3.10. The molecule has 0 aliphatic heterocycles. The van der Waals surface area contributed by atoms with Crippen molar-refractivity contribution in [3.8, 4) is 11.5 Å². The number of fused-ring (bicyclic) bond motifs is 1. The van der Waals surface area contributed by atoms with Crippen LogP contribution >= 0.6 is 15.9 Å². The van der Waals surface area contributed by atoms with Crippen molar-refractivity contribution in [3.05, 3.63) is 28.4 Å². The number of benzene rings is 1. The Morgan fingerprint density at radius 1 is 1.37 bits per heavy atom. The zero-order valence-electron chi connectivity index (χ0n) is 10.7. The highest BCUT2D eigenvalue weighted by molar-refractivity contribution is 9.10. The molecule has 3 aromatic rings. The second kappa shape index (κ2) is 4.38. The van der Waals surface area contributed by atoms with Gasteiger partial charge in [-0.3, -0.25) is 4.68 Å². The van der Waals surface area contributed by atoms with Crippen LogP contribution in [0.1, 0.15) is 12.6 Å². The van der Waals surface area contributed by atoms with Crippen molar-refractivity contribution in [1.29, 1.82) is 0 Å². The molecule has 0 spiro atoms. The number of aryl methyl sites for hydroxylation is 2. The minimum absolute atomic E-state index is 0.658. The van der Waals surface area contributed by atoms with Crippen molar-refractivity contribution < 1.29 is 0 Å². The van der Waals surface area contributed by atoms with Crippen LogP contribution < -0.4 is 5.73 Å². The van der Waals surface area contributed by atoms with Gasteiger partial charge in [0.1, 0.15) is 11.2 Å². The third-order valence-electron chi connectivity index (χ3n) is 3.03. The van der Waals surface area contributed by atoms with Gasteiger partial charge in [-0.05, 0) is 32.0 Å². The molecular formula is C13H14BrN5. The Morgan fingerprint density at radius 3 is 2.89 bits per heavy atom. The lowest BCUT2D eigenvalue weighted by atomic mass is 10.3. The van der Waals surface area contributed by atoms with Gasteiger partial charge in [-0.25, -0.2) is 4.98 Å². The topological polar surface area (TPSA) is 72.5 Å². The Hall–Kier alpha value is -1.82. The minimum atomic E-state index is 0.658. The summed E-state index contributed by atoms with van der Waals surface area (Å²) in [7, 11) is 0. The maximum Gasteiger partial charge on any atom is 0.156 e. The fourth-order valence-corrected chi connectivity index (χ4v) is 2.68. The minimum Gasteiger partial charge on any atom is -0.397 e. The molecule has 0 aliphatic rings. The summed E-state index contributed by atoms with van der Waals surface area (Å²) in [5.74, 6) is 0.794. The van der Waals surface area contributed by atoms with Crippen molar-refractivity contribution >= 4 is 32.7 Å². The molecule has 0 saturated carbocycles. The van der Waals surface area contributed by atoms with E-state index in [0.29, 0.717) is 5.69 Å². The molecule has 0 fully saturated rings. The van der Waals surface area contributed by atoms with Gasteiger partial charge in [-0.2, -0.15) is 5.10 Å². The molecule has 0 atom stereocenters. The number of hydrogen-bond acceptors (Lipinski definition) is 3. The number of nitrogens with one attached hydrogen (secondary N) is 1. The zero-order valence-corrected chi connectivity index (χ0v) is 12.3. The van der Waals surface area contributed by atoms with E-state index < -0.39 is 0 Å². The summed E-state index contributed by atoms with van der Waals surface area (Å²) in [6.07, 6.45) is 0. The van der Waals surface area contributed by atoms with Gasteiger partial charge in [-0.15, -0.1) is 0 Å². The Bertz CT molecular complexity index is 756. The highest BCUT2D eigenvalue weighted by atomic mass is 79.9. The maximum atomic E-state index is 5.99. The average molecular weight is 320 g/mol. The van der Waals surface area contributed by atoms with Crippen LogP contribution in [0.5, 0.6) is 0 Å². The lowest BCUT2D eigenvalue weighted by Gasteiger charge is -1.99. The van der Waals surface area contributed by atoms with E-state index in [1.54, 1.807) is 0 Å². The molecular weight excluding hydrogens is 306 g/mol. The van der Waals surface area contributed by atoms with E-state index in [-0.39, 0.29) is 0 Å². The van der Waals surface area contributed by atoms with E-state index in [2.05, 4.69) is 37.9 Å². The van der Waals surface area contributed by atoms with Crippen molar-refractivity contribution in [3.63, 3.8) is 0 Å². The number of nitrogens with zero attached hydrogens (tertiary/aromatic N) is 3. The molecule has 3 N–H and O–H groups in total. The van der Waals surface area contributed by atoms with Crippen LogP contribution in [-0.4, -0.2) is 19.7 Å². The molecule has 0 radical (unpaired) electrons. The first kappa shape index (κ1) is 12.2. The number of imidazole rings is 1. The largest absolute Gasteiger partial charge is 0.397 e. The molecule has 0 bridgehead atoms. The molecule has 0 unspecified atom stereocenters. The summed E-state index contributed by atoms with van der Waals surface area (Å²) in [6, 6.07) is 5.85. The quantitative estimate of drug-likeness (QED) is 0.713. The average Bonchev–Trinajstić information content (AvgIpc) is 2.91. The Labute approximate surface area is 119 Å². The van der Waals surface area contributed by atoms with Crippen LogP contribution in [0.4, 0.5) is 5.69 Å². The van der Waals surface area contributed by atoms with Gasteiger partial charge in [0, 0.05) is 11.0 Å². The molecule has 2 aromatic heterocycles. The van der Waals surface area contributed by atoms with Gasteiger partial charge in [0.15, 0.2) is 5.82 Å². The van der Waals surface area contributed by atoms with Crippen molar-refractivity contribution in [2.24, 2.45) is 0 Å². The molecule has 2 heterocycles. The predicted molar refractivity (Wildman–Crippen MR) is 79.8 cm³/mol. The van der Waals surface area contributed by atoms with Gasteiger partial charge in [0.25, 0.3) is 0 Å². The van der Waals surface area contributed by atoms with Crippen LogP contribution in [-0.2, 0) is 6.54 Å². The third kappa shape index (κ3) is 2.02. The van der Waals surface area contributed by atoms with Crippen LogP contribution in [0, 0.1) is 6.92 Å². The Morgan fingerprint density at radius 2 is 2.16 bits per heavy atom. The van der Waals surface area contributed by atoms with Crippen molar-refractivity contribution in [2.75, 3.05) is 5.73 Å². The number of nitrogens with two attached hydrogens (primary N) is 1. The molecule has 6 heteroatoms. The molecule has 1 aromatic carbocycles. The van der Waals surface area contributed by atoms with Crippen molar-refractivity contribution in [1.82, 2.24) is 19.7 Å². The monoisotopic (exact) mass is 319 g/mol. The summed E-state index contributed by atoms with van der Waals surface area (Å²) < 4.78 is 2.87. The summed E-state index contributed by atoms with van der Waals surface area (Å²) in [5, 5.41) is 4.43. The van der Waals surface area contributed by atoms with Crippen LogP contribution in [0.2, 0.25) is 0 Å². The fourth-order valence-electron chi connectivity index (χ4n) is 2.21. The number of nitrogen functional groups attached to an aromatic ring is 1. The van der Waals surface area contributed by atoms with Gasteiger partial charge in [0.2, 0.25) is 0 Å². The van der Waals surface area contributed by atoms with Gasteiger partial charge in [-0.1, -0.05) is 15.9 Å². The van der Waals surface area contributed by atoms with Gasteiger partial charge >= 0.3 is 0 Å². The number of H-pyrrole nitrogens is 1. The molecule has 0 amide bonds. The molecule has 5 nitrogen and oxygen atoms in total. The standard InChI is InChI=1S/C13H14BrN5/c1-3-19-11(4-7(2)18-19)13-16-10-6-8(14)5-9(15)12(10)17-13/h4-6H,3,15H2,1-2H3,(H,16,17). The van der Waals surface area contributed by atoms with Gasteiger partial charge < -0.3 is 10.7 Å². The number of anilines is 1. The fraction of sp³-hybridized carbons (Fsp3) is 0.231. The summed E-state index contributed by atoms with van der Waals surface area (Å²) in [4.78, 5) is 7.88. The van der Waals surface area contributed by atoms with E-state index >= 15 is 0 Å². The number of aromatic nitrogens is 4. The number of halogens is 1. The smallest absolute Gasteiger partial charge is 0.156 e. The second-order valence-electron chi connectivity index (χ2n) is 4.46. The molecule has 3 rings (SSSR count). The normalized spacial score (nSPS) is 11.3. The zero-order chi connectivity index (χ0) is 13.6. The van der Waals surface area contributed by atoms with Crippen LogP contribution in [0.25, 0.3) is 22.6 Å². The molecule has 0 aliphatic carbocycles. The first-order valence-corrected chi connectivity index (χ1v) is 6.87. The summed E-state index contributed by atoms with van der Waals surface area (Å²) in [6.45, 7) is 4.84. The maximum absolute atomic E-state index is 5.99. The number of hydrogen-bond donors (Lipinski definition) is 2. The summed E-state index contributed by atoms with van der Waals surface area (Å²) >= 11 is 3.44. The molecule has 19 heavy (non-hydrogen) atoms. The Kier molecular flexibility index (Phi) is 2.82. The summed E-state index contributed by atoms with van der Waals surface area (Å²) in [5.41, 5.74) is 10.3. The molecule has 98 valence electrons. The second-order valence-corrected chi connectivity index (χ2v) is 5.38. The van der Waals surface area contributed by atoms with E-state index in [4.69, 9.17) is 5.73 Å². The van der Waals surface area contributed by atoms with E-state index in [1.807, 2.05) is 29.8 Å².